The Kier molecular flexibility index (Phi) is 4.55. The summed E-state index contributed by atoms with van der Waals surface area (Å²) in [5, 5.41) is 2.91. The van der Waals surface area contributed by atoms with Crippen LogP contribution in [0.4, 0.5) is 0 Å². The van der Waals surface area contributed by atoms with Gasteiger partial charge in [0, 0.05) is 6.04 Å². The number of unbranched alkanes of at least 4 members (excludes halogenated alkanes) is 2. The maximum absolute atomic E-state index is 12.5. The molecule has 126 valence electrons. The van der Waals surface area contributed by atoms with Crippen molar-refractivity contribution in [2.24, 2.45) is 23.7 Å². The number of amides is 3. The SMILES string of the molecule is CCCCCC(C)NC(=O)CN1C(=O)C2C3C=CC(C3)C2C1=O. The second kappa shape index (κ2) is 6.46. The van der Waals surface area contributed by atoms with Gasteiger partial charge in [-0.25, -0.2) is 0 Å². The molecule has 2 bridgehead atoms. The van der Waals surface area contributed by atoms with E-state index in [9.17, 15) is 14.4 Å². The number of nitrogens with one attached hydrogen (secondary N) is 1. The summed E-state index contributed by atoms with van der Waals surface area (Å²) in [4.78, 5) is 38.4. The molecular weight excluding hydrogens is 292 g/mol. The van der Waals surface area contributed by atoms with E-state index in [1.807, 2.05) is 6.92 Å². The van der Waals surface area contributed by atoms with Gasteiger partial charge in [-0.2, -0.15) is 0 Å². The third kappa shape index (κ3) is 2.93. The molecule has 1 heterocycles. The Labute approximate surface area is 137 Å². The summed E-state index contributed by atoms with van der Waals surface area (Å²) >= 11 is 0. The first-order valence-corrected chi connectivity index (χ1v) is 8.85. The number of hydrogen-bond acceptors (Lipinski definition) is 3. The van der Waals surface area contributed by atoms with Crippen LogP contribution >= 0.6 is 0 Å². The zero-order valence-electron chi connectivity index (χ0n) is 14.0. The minimum atomic E-state index is -0.226. The molecule has 3 rings (SSSR count). The van der Waals surface area contributed by atoms with Crippen LogP contribution in [0.25, 0.3) is 0 Å². The molecule has 0 aromatic carbocycles. The number of rotatable bonds is 7. The lowest BCUT2D eigenvalue weighted by molar-refractivity contribution is -0.144. The molecule has 5 atom stereocenters. The van der Waals surface area contributed by atoms with Gasteiger partial charge in [0.1, 0.15) is 6.54 Å². The monoisotopic (exact) mass is 318 g/mol. The van der Waals surface area contributed by atoms with E-state index in [0.717, 1.165) is 32.1 Å². The highest BCUT2D eigenvalue weighted by atomic mass is 16.2. The number of carbonyl (C=O) groups excluding carboxylic acids is 3. The molecule has 0 aromatic heterocycles. The second-order valence-corrected chi connectivity index (χ2v) is 7.23. The van der Waals surface area contributed by atoms with Crippen molar-refractivity contribution < 1.29 is 14.4 Å². The summed E-state index contributed by atoms with van der Waals surface area (Å²) in [7, 11) is 0. The number of likely N-dealkylation sites (tertiary alicyclic amines) is 1. The summed E-state index contributed by atoms with van der Waals surface area (Å²) in [6.07, 6.45) is 9.37. The highest BCUT2D eigenvalue weighted by molar-refractivity contribution is 6.08. The van der Waals surface area contributed by atoms with Gasteiger partial charge in [0.25, 0.3) is 0 Å². The van der Waals surface area contributed by atoms with Gasteiger partial charge in [-0.1, -0.05) is 38.3 Å². The molecule has 5 unspecified atom stereocenters. The number of imide groups is 1. The minimum absolute atomic E-state index is 0.0826. The first-order valence-electron chi connectivity index (χ1n) is 8.85. The van der Waals surface area contributed by atoms with E-state index in [1.54, 1.807) is 0 Å². The summed E-state index contributed by atoms with van der Waals surface area (Å²) in [5.41, 5.74) is 0. The average molecular weight is 318 g/mol. The van der Waals surface area contributed by atoms with Crippen molar-refractivity contribution in [1.82, 2.24) is 10.2 Å². The fraction of sp³-hybridized carbons (Fsp3) is 0.722. The van der Waals surface area contributed by atoms with Crippen molar-refractivity contribution in [3.8, 4) is 0 Å². The average Bonchev–Trinajstić information content (AvgIpc) is 3.17. The zero-order valence-corrected chi connectivity index (χ0v) is 14.0. The minimum Gasteiger partial charge on any atom is -0.352 e. The quantitative estimate of drug-likeness (QED) is 0.443. The smallest absolute Gasteiger partial charge is 0.240 e. The molecule has 1 N–H and O–H groups in total. The van der Waals surface area contributed by atoms with Crippen LogP contribution in [0.15, 0.2) is 12.2 Å². The fourth-order valence-corrected chi connectivity index (χ4v) is 4.36. The second-order valence-electron chi connectivity index (χ2n) is 7.23. The first kappa shape index (κ1) is 16.2. The lowest BCUT2D eigenvalue weighted by atomic mass is 9.85. The van der Waals surface area contributed by atoms with Crippen LogP contribution in [-0.2, 0) is 14.4 Å². The Bertz CT molecular complexity index is 512. The van der Waals surface area contributed by atoms with Gasteiger partial charge in [0.05, 0.1) is 11.8 Å². The van der Waals surface area contributed by atoms with Crippen LogP contribution in [0, 0.1) is 23.7 Å². The van der Waals surface area contributed by atoms with E-state index >= 15 is 0 Å². The third-order valence-electron chi connectivity index (χ3n) is 5.51. The standard InChI is InChI=1S/C18H26N2O3/c1-3-4-5-6-11(2)19-14(21)10-20-17(22)15-12-7-8-13(9-12)16(15)18(20)23/h7-8,11-13,15-16H,3-6,9-10H2,1-2H3,(H,19,21). The van der Waals surface area contributed by atoms with Crippen molar-refractivity contribution in [3.05, 3.63) is 12.2 Å². The van der Waals surface area contributed by atoms with Crippen molar-refractivity contribution in [2.75, 3.05) is 6.54 Å². The maximum atomic E-state index is 12.5. The van der Waals surface area contributed by atoms with Gasteiger partial charge >= 0.3 is 0 Å². The van der Waals surface area contributed by atoms with Gasteiger partial charge in [-0.05, 0) is 31.6 Å². The van der Waals surface area contributed by atoms with E-state index in [4.69, 9.17) is 0 Å². The van der Waals surface area contributed by atoms with E-state index in [0.29, 0.717) is 0 Å². The fourth-order valence-electron chi connectivity index (χ4n) is 4.36. The Morgan fingerprint density at radius 3 is 2.39 bits per heavy atom. The van der Waals surface area contributed by atoms with Crippen LogP contribution in [-0.4, -0.2) is 35.2 Å². The molecule has 3 aliphatic rings. The molecule has 0 radical (unpaired) electrons. The predicted octanol–water partition coefficient (Wildman–Crippen LogP) is 1.88. The lowest BCUT2D eigenvalue weighted by Crippen LogP contribution is -2.44. The normalized spacial score (nSPS) is 32.5. The molecule has 2 fully saturated rings. The molecule has 5 heteroatoms. The van der Waals surface area contributed by atoms with E-state index in [1.165, 1.54) is 4.90 Å². The molecule has 2 aliphatic carbocycles. The van der Waals surface area contributed by atoms with Crippen molar-refractivity contribution in [1.29, 1.82) is 0 Å². The topological polar surface area (TPSA) is 66.5 Å². The zero-order chi connectivity index (χ0) is 16.6. The van der Waals surface area contributed by atoms with Crippen LogP contribution < -0.4 is 5.32 Å². The van der Waals surface area contributed by atoms with Gasteiger partial charge in [-0.15, -0.1) is 0 Å². The van der Waals surface area contributed by atoms with Crippen LogP contribution in [0.2, 0.25) is 0 Å². The number of carbonyl (C=O) groups is 3. The molecule has 0 aromatic rings. The molecule has 0 spiro atoms. The Morgan fingerprint density at radius 1 is 1.22 bits per heavy atom. The molecule has 3 amide bonds. The van der Waals surface area contributed by atoms with Gasteiger partial charge in [0.2, 0.25) is 17.7 Å². The number of fused-ring (bicyclic) bond motifs is 5. The maximum Gasteiger partial charge on any atom is 0.240 e. The molecule has 1 saturated carbocycles. The van der Waals surface area contributed by atoms with Crippen molar-refractivity contribution >= 4 is 17.7 Å². The Morgan fingerprint density at radius 2 is 1.83 bits per heavy atom. The summed E-state index contributed by atoms with van der Waals surface area (Å²) < 4.78 is 0. The summed E-state index contributed by atoms with van der Waals surface area (Å²) in [6.45, 7) is 4.00. The Hall–Kier alpha value is -1.65. The number of nitrogens with zero attached hydrogens (tertiary/aromatic N) is 1. The summed E-state index contributed by atoms with van der Waals surface area (Å²) in [5.74, 6) is -0.559. The molecular formula is C18H26N2O3. The van der Waals surface area contributed by atoms with Crippen molar-refractivity contribution in [2.45, 2.75) is 52.0 Å². The summed E-state index contributed by atoms with van der Waals surface area (Å²) in [6, 6.07) is 0.0826. The predicted molar refractivity (Wildman–Crippen MR) is 86.2 cm³/mol. The number of hydrogen-bond donors (Lipinski definition) is 1. The van der Waals surface area contributed by atoms with Crippen LogP contribution in [0.3, 0.4) is 0 Å². The van der Waals surface area contributed by atoms with E-state index in [2.05, 4.69) is 24.4 Å². The van der Waals surface area contributed by atoms with Gasteiger partial charge < -0.3 is 5.32 Å². The van der Waals surface area contributed by atoms with Crippen LogP contribution in [0.5, 0.6) is 0 Å². The largest absolute Gasteiger partial charge is 0.352 e. The van der Waals surface area contributed by atoms with Crippen LogP contribution in [0.1, 0.15) is 46.0 Å². The third-order valence-corrected chi connectivity index (χ3v) is 5.51. The van der Waals surface area contributed by atoms with Gasteiger partial charge in [-0.3, -0.25) is 19.3 Å². The van der Waals surface area contributed by atoms with E-state index < -0.39 is 0 Å². The molecule has 23 heavy (non-hydrogen) atoms. The Balaban J connectivity index is 1.54. The van der Waals surface area contributed by atoms with E-state index in [-0.39, 0.29) is 54.0 Å². The number of allylic oxidation sites excluding steroid dienone is 2. The van der Waals surface area contributed by atoms with Gasteiger partial charge in [0.15, 0.2) is 0 Å². The lowest BCUT2D eigenvalue weighted by Gasteiger charge is -2.19. The first-order chi connectivity index (χ1) is 11.0. The molecule has 1 aliphatic heterocycles. The highest BCUT2D eigenvalue weighted by Gasteiger charge is 2.59. The molecule has 5 nitrogen and oxygen atoms in total. The molecule has 1 saturated heterocycles. The van der Waals surface area contributed by atoms with Crippen molar-refractivity contribution in [3.63, 3.8) is 0 Å². The highest BCUT2D eigenvalue weighted by Crippen LogP contribution is 2.52.